The molecule has 6 nitrogen and oxygen atoms in total. The lowest BCUT2D eigenvalue weighted by Gasteiger charge is -1.93. The number of hydrogen-bond donors (Lipinski definition) is 0. The van der Waals surface area contributed by atoms with E-state index in [1.54, 1.807) is 0 Å². The monoisotopic (exact) mass is 287 g/mol. The average molecular weight is 287 g/mol. The van der Waals surface area contributed by atoms with Gasteiger partial charge in [-0.15, -0.1) is 0 Å². The molecular weight excluding hydrogens is 276 g/mol. The summed E-state index contributed by atoms with van der Waals surface area (Å²) in [6, 6.07) is 2.70. The van der Waals surface area contributed by atoms with Crippen LogP contribution in [0.1, 0.15) is 19.4 Å². The van der Waals surface area contributed by atoms with Crippen molar-refractivity contribution < 1.29 is 28.0 Å². The Labute approximate surface area is 112 Å². The molecule has 1 aromatic rings. The van der Waals surface area contributed by atoms with Crippen LogP contribution in [0.15, 0.2) is 24.4 Å². The summed E-state index contributed by atoms with van der Waals surface area (Å²) in [5.74, 6) is -2.65. The van der Waals surface area contributed by atoms with Gasteiger partial charge in [-0.1, -0.05) is 0 Å². The lowest BCUT2D eigenvalue weighted by Crippen LogP contribution is -2.03. The van der Waals surface area contributed by atoms with E-state index in [4.69, 9.17) is 0 Å². The molecule has 0 aliphatic rings. The Morgan fingerprint density at radius 1 is 1.15 bits per heavy atom. The molecule has 8 heteroatoms. The zero-order valence-electron chi connectivity index (χ0n) is 10.6. The Morgan fingerprint density at radius 3 is 1.90 bits per heavy atom. The molecule has 0 atom stereocenters. The van der Waals surface area contributed by atoms with E-state index in [0.717, 1.165) is 18.2 Å². The standard InChI is InChI=1S/C8H5F2NO2.C4H6O3/c9-7-3-6(1-2-11(12)13)4-8(10)5-7;1-3(5)7-4(2)6/h1-5H;1-2H3. The Kier molecular flexibility index (Phi) is 7.34. The van der Waals surface area contributed by atoms with Crippen molar-refractivity contribution in [3.8, 4) is 0 Å². The molecule has 0 fully saturated rings. The van der Waals surface area contributed by atoms with Crippen molar-refractivity contribution in [2.75, 3.05) is 0 Å². The second kappa shape index (κ2) is 8.46. The zero-order valence-corrected chi connectivity index (χ0v) is 10.6. The van der Waals surface area contributed by atoms with Crippen LogP contribution in [0.2, 0.25) is 0 Å². The second-order valence-corrected chi connectivity index (χ2v) is 3.39. The molecule has 108 valence electrons. The average Bonchev–Trinajstić information content (AvgIpc) is 2.23. The van der Waals surface area contributed by atoms with Crippen molar-refractivity contribution in [1.29, 1.82) is 0 Å². The number of ether oxygens (including phenoxy) is 1. The Balaban J connectivity index is 0.000000441. The number of esters is 2. The van der Waals surface area contributed by atoms with Crippen LogP contribution in [0.3, 0.4) is 0 Å². The van der Waals surface area contributed by atoms with E-state index in [1.165, 1.54) is 13.8 Å². The Hall–Kier alpha value is -2.64. The smallest absolute Gasteiger partial charge is 0.310 e. The highest BCUT2D eigenvalue weighted by molar-refractivity contribution is 5.82. The first-order chi connectivity index (χ1) is 9.20. The fraction of sp³-hybridized carbons (Fsp3) is 0.167. The summed E-state index contributed by atoms with van der Waals surface area (Å²) in [6.45, 7) is 2.36. The van der Waals surface area contributed by atoms with Gasteiger partial charge in [0.05, 0.1) is 4.92 Å². The summed E-state index contributed by atoms with van der Waals surface area (Å²) in [6.07, 6.45) is 1.64. The topological polar surface area (TPSA) is 86.5 Å². The molecule has 0 radical (unpaired) electrons. The summed E-state index contributed by atoms with van der Waals surface area (Å²) < 4.78 is 29.0. The van der Waals surface area contributed by atoms with Crippen LogP contribution in [0, 0.1) is 21.7 Å². The van der Waals surface area contributed by atoms with E-state index < -0.39 is 28.5 Å². The summed E-state index contributed by atoms with van der Waals surface area (Å²) >= 11 is 0. The molecular formula is C12H11F2NO5. The Bertz CT molecular complexity index is 510. The first-order valence-electron chi connectivity index (χ1n) is 5.17. The molecule has 0 saturated heterocycles. The summed E-state index contributed by atoms with van der Waals surface area (Å²) in [7, 11) is 0. The van der Waals surface area contributed by atoms with Crippen molar-refractivity contribution in [3.63, 3.8) is 0 Å². The number of nitro groups is 1. The van der Waals surface area contributed by atoms with Gasteiger partial charge in [0.15, 0.2) is 0 Å². The van der Waals surface area contributed by atoms with E-state index in [0.29, 0.717) is 12.3 Å². The van der Waals surface area contributed by atoms with Crippen LogP contribution >= 0.6 is 0 Å². The van der Waals surface area contributed by atoms with Crippen LogP contribution in [-0.4, -0.2) is 16.9 Å². The first-order valence-corrected chi connectivity index (χ1v) is 5.17. The van der Waals surface area contributed by atoms with Crippen LogP contribution in [0.4, 0.5) is 8.78 Å². The number of carbonyl (C=O) groups is 2. The van der Waals surface area contributed by atoms with Crippen LogP contribution in [0.5, 0.6) is 0 Å². The highest BCUT2D eigenvalue weighted by atomic mass is 19.1. The van der Waals surface area contributed by atoms with E-state index >= 15 is 0 Å². The number of rotatable bonds is 2. The predicted molar refractivity (Wildman–Crippen MR) is 64.8 cm³/mol. The number of halogens is 2. The third kappa shape index (κ3) is 9.40. The maximum atomic E-state index is 12.5. The van der Waals surface area contributed by atoms with E-state index in [9.17, 15) is 28.5 Å². The molecule has 0 saturated carbocycles. The van der Waals surface area contributed by atoms with Gasteiger partial charge in [0.2, 0.25) is 6.20 Å². The van der Waals surface area contributed by atoms with Gasteiger partial charge in [-0.2, -0.15) is 0 Å². The van der Waals surface area contributed by atoms with Crippen LogP contribution < -0.4 is 0 Å². The van der Waals surface area contributed by atoms with E-state index in [2.05, 4.69) is 4.74 Å². The van der Waals surface area contributed by atoms with E-state index in [1.807, 2.05) is 0 Å². The van der Waals surface area contributed by atoms with Crippen molar-refractivity contribution in [2.24, 2.45) is 0 Å². The second-order valence-electron chi connectivity index (χ2n) is 3.39. The van der Waals surface area contributed by atoms with Crippen molar-refractivity contribution in [2.45, 2.75) is 13.8 Å². The molecule has 1 aromatic carbocycles. The maximum absolute atomic E-state index is 12.5. The third-order valence-electron chi connectivity index (χ3n) is 1.56. The molecule has 0 bridgehead atoms. The molecule has 1 rings (SSSR count). The first kappa shape index (κ1) is 17.4. The minimum absolute atomic E-state index is 0.120. The van der Waals surface area contributed by atoms with Gasteiger partial charge in [-0.3, -0.25) is 19.7 Å². The third-order valence-corrected chi connectivity index (χ3v) is 1.56. The lowest BCUT2D eigenvalue weighted by atomic mass is 10.2. The van der Waals surface area contributed by atoms with Crippen LogP contribution in [-0.2, 0) is 14.3 Å². The number of hydrogen-bond acceptors (Lipinski definition) is 5. The summed E-state index contributed by atoms with van der Waals surface area (Å²) in [5.41, 5.74) is 0.120. The molecule has 20 heavy (non-hydrogen) atoms. The van der Waals surface area contributed by atoms with Crippen molar-refractivity contribution >= 4 is 18.0 Å². The highest BCUT2D eigenvalue weighted by Crippen LogP contribution is 2.09. The fourth-order valence-corrected chi connectivity index (χ4v) is 1.02. The van der Waals surface area contributed by atoms with Gasteiger partial charge in [-0.25, -0.2) is 8.78 Å². The quantitative estimate of drug-likeness (QED) is 0.360. The van der Waals surface area contributed by atoms with Gasteiger partial charge in [-0.05, 0) is 17.7 Å². The summed E-state index contributed by atoms with van der Waals surface area (Å²) in [5, 5.41) is 9.87. The normalized spacial score (nSPS) is 9.60. The van der Waals surface area contributed by atoms with Crippen molar-refractivity contribution in [1.82, 2.24) is 0 Å². The molecule has 0 N–H and O–H groups in total. The minimum atomic E-state index is -0.761. The largest absolute Gasteiger partial charge is 0.394 e. The molecule has 0 aliphatic carbocycles. The highest BCUT2D eigenvalue weighted by Gasteiger charge is 1.98. The predicted octanol–water partition coefficient (Wildman–Crippen LogP) is 2.31. The van der Waals surface area contributed by atoms with E-state index in [-0.39, 0.29) is 5.56 Å². The molecule has 0 heterocycles. The van der Waals surface area contributed by atoms with Gasteiger partial charge in [0.1, 0.15) is 11.6 Å². The fourth-order valence-electron chi connectivity index (χ4n) is 1.02. The summed E-state index contributed by atoms with van der Waals surface area (Å²) in [4.78, 5) is 28.8. The van der Waals surface area contributed by atoms with Gasteiger partial charge in [0.25, 0.3) is 0 Å². The van der Waals surface area contributed by atoms with Gasteiger partial charge < -0.3 is 4.74 Å². The molecule has 0 aromatic heterocycles. The Morgan fingerprint density at radius 2 is 1.60 bits per heavy atom. The van der Waals surface area contributed by atoms with Gasteiger partial charge in [0, 0.05) is 26.0 Å². The lowest BCUT2D eigenvalue weighted by molar-refractivity contribution is -0.400. The molecule has 0 spiro atoms. The molecule has 0 amide bonds. The number of carbonyl (C=O) groups excluding carboxylic acids is 2. The number of nitrogens with zero attached hydrogens (tertiary/aromatic N) is 1. The SMILES string of the molecule is CC(=O)OC(C)=O.O=[N+]([O-])C=Cc1cc(F)cc(F)c1. The van der Waals surface area contributed by atoms with Crippen molar-refractivity contribution in [3.05, 3.63) is 51.7 Å². The zero-order chi connectivity index (χ0) is 15.7. The molecule has 0 unspecified atom stereocenters. The molecule has 0 aliphatic heterocycles. The van der Waals surface area contributed by atoms with Crippen LogP contribution in [0.25, 0.3) is 6.08 Å². The minimum Gasteiger partial charge on any atom is -0.394 e. The van der Waals surface area contributed by atoms with Gasteiger partial charge >= 0.3 is 11.9 Å². The number of benzene rings is 1. The maximum Gasteiger partial charge on any atom is 0.310 e.